The Morgan fingerprint density at radius 2 is 1.75 bits per heavy atom. The third-order valence-electron chi connectivity index (χ3n) is 4.43. The number of hydrogen-bond acceptors (Lipinski definition) is 3. The number of aromatic hydroxyl groups is 2. The maximum atomic E-state index is 12.9. The van der Waals surface area contributed by atoms with Crippen molar-refractivity contribution in [2.45, 2.75) is 32.2 Å². The van der Waals surface area contributed by atoms with E-state index in [0.717, 1.165) is 53.9 Å². The number of fused-ring (bicyclic) bond motifs is 1. The van der Waals surface area contributed by atoms with Gasteiger partial charge in [0.2, 0.25) is 0 Å². The summed E-state index contributed by atoms with van der Waals surface area (Å²) in [5, 5.41) is 19.2. The minimum absolute atomic E-state index is 0.0657. The number of thiocarbonyl (C=S) groups is 1. The number of phenols is 2. The predicted molar refractivity (Wildman–Crippen MR) is 95.8 cm³/mol. The number of rotatable bonds is 4. The molecule has 3 rings (SSSR count). The highest BCUT2D eigenvalue weighted by Gasteiger charge is 2.20. The summed E-state index contributed by atoms with van der Waals surface area (Å²) >= 11 is 5.55. The highest BCUT2D eigenvalue weighted by Crippen LogP contribution is 2.31. The first kappa shape index (κ1) is 16.7. The Labute approximate surface area is 146 Å². The third kappa shape index (κ3) is 3.85. The fraction of sp³-hybridized carbons (Fsp3) is 0.316. The van der Waals surface area contributed by atoms with Gasteiger partial charge in [-0.3, -0.25) is 0 Å². The summed E-state index contributed by atoms with van der Waals surface area (Å²) in [6.45, 7) is 1.49. The monoisotopic (exact) mass is 345 g/mol. The fourth-order valence-electron chi connectivity index (χ4n) is 3.05. The van der Waals surface area contributed by atoms with E-state index >= 15 is 0 Å². The molecule has 2 aromatic carbocycles. The SMILES string of the molecule is Oc1cc2c(cc1O)CN(C(=S)CCCc1ccc(F)cc1)CC2. The maximum absolute atomic E-state index is 12.9. The van der Waals surface area contributed by atoms with E-state index in [0.29, 0.717) is 6.54 Å². The molecule has 1 aliphatic rings. The molecule has 0 amide bonds. The predicted octanol–water partition coefficient (Wildman–Crippen LogP) is 3.95. The number of nitrogens with zero attached hydrogens (tertiary/aromatic N) is 1. The van der Waals surface area contributed by atoms with Crippen molar-refractivity contribution in [1.29, 1.82) is 0 Å². The van der Waals surface area contributed by atoms with Crippen molar-refractivity contribution < 1.29 is 14.6 Å². The van der Waals surface area contributed by atoms with Crippen LogP contribution in [-0.2, 0) is 19.4 Å². The Kier molecular flexibility index (Phi) is 5.00. The number of halogens is 1. The molecule has 0 fully saturated rings. The Bertz CT molecular complexity index is 746. The van der Waals surface area contributed by atoms with E-state index in [2.05, 4.69) is 4.90 Å². The highest BCUT2D eigenvalue weighted by atomic mass is 32.1. The van der Waals surface area contributed by atoms with Gasteiger partial charge in [-0.1, -0.05) is 24.4 Å². The Morgan fingerprint density at radius 1 is 1.08 bits per heavy atom. The lowest BCUT2D eigenvalue weighted by Crippen LogP contribution is -2.34. The largest absolute Gasteiger partial charge is 0.504 e. The van der Waals surface area contributed by atoms with Gasteiger partial charge >= 0.3 is 0 Å². The number of benzene rings is 2. The lowest BCUT2D eigenvalue weighted by Gasteiger charge is -2.31. The van der Waals surface area contributed by atoms with E-state index in [9.17, 15) is 14.6 Å². The van der Waals surface area contributed by atoms with Gasteiger partial charge in [-0.15, -0.1) is 0 Å². The van der Waals surface area contributed by atoms with Gasteiger partial charge in [-0.05, 0) is 66.6 Å². The normalized spacial score (nSPS) is 13.6. The molecule has 0 saturated heterocycles. The first-order valence-electron chi connectivity index (χ1n) is 8.09. The third-order valence-corrected chi connectivity index (χ3v) is 4.89. The second-order valence-corrected chi connectivity index (χ2v) is 6.63. The van der Waals surface area contributed by atoms with Crippen molar-refractivity contribution >= 4 is 17.2 Å². The molecular weight excluding hydrogens is 325 g/mol. The topological polar surface area (TPSA) is 43.7 Å². The van der Waals surface area contributed by atoms with E-state index in [1.807, 2.05) is 12.1 Å². The van der Waals surface area contributed by atoms with Crippen LogP contribution >= 0.6 is 12.2 Å². The molecule has 0 saturated carbocycles. The van der Waals surface area contributed by atoms with Crippen LogP contribution in [0.3, 0.4) is 0 Å². The summed E-state index contributed by atoms with van der Waals surface area (Å²) in [5.41, 5.74) is 3.19. The van der Waals surface area contributed by atoms with Crippen molar-refractivity contribution in [2.75, 3.05) is 6.54 Å². The van der Waals surface area contributed by atoms with Gasteiger partial charge < -0.3 is 15.1 Å². The van der Waals surface area contributed by atoms with Gasteiger partial charge in [0.1, 0.15) is 5.82 Å². The molecule has 1 aliphatic heterocycles. The molecule has 1 heterocycles. The molecule has 0 spiro atoms. The van der Waals surface area contributed by atoms with Gasteiger partial charge in [0.25, 0.3) is 0 Å². The lowest BCUT2D eigenvalue weighted by atomic mass is 9.98. The first-order chi connectivity index (χ1) is 11.5. The molecule has 0 aromatic heterocycles. The summed E-state index contributed by atoms with van der Waals surface area (Å²) in [6.07, 6.45) is 3.42. The van der Waals surface area contributed by atoms with Crippen molar-refractivity contribution in [3.63, 3.8) is 0 Å². The van der Waals surface area contributed by atoms with Gasteiger partial charge in [0.15, 0.2) is 11.5 Å². The molecule has 2 aromatic rings. The second kappa shape index (κ2) is 7.18. The van der Waals surface area contributed by atoms with Crippen LogP contribution in [0, 0.1) is 5.82 Å². The van der Waals surface area contributed by atoms with E-state index in [-0.39, 0.29) is 17.3 Å². The average Bonchev–Trinajstić information content (AvgIpc) is 2.57. The van der Waals surface area contributed by atoms with Gasteiger partial charge in [0, 0.05) is 13.1 Å². The molecular formula is C19H20FNO2S. The van der Waals surface area contributed by atoms with Crippen LogP contribution < -0.4 is 0 Å². The van der Waals surface area contributed by atoms with Gasteiger partial charge in [-0.2, -0.15) is 0 Å². The van der Waals surface area contributed by atoms with Crippen LogP contribution in [0.15, 0.2) is 36.4 Å². The Balaban J connectivity index is 1.54. The van der Waals surface area contributed by atoms with Gasteiger partial charge in [0.05, 0.1) is 4.99 Å². The summed E-state index contributed by atoms with van der Waals surface area (Å²) in [6, 6.07) is 9.85. The molecule has 0 radical (unpaired) electrons. The van der Waals surface area contributed by atoms with Crippen LogP contribution in [0.1, 0.15) is 29.5 Å². The van der Waals surface area contributed by atoms with Crippen LogP contribution in [-0.4, -0.2) is 26.6 Å². The summed E-state index contributed by atoms with van der Waals surface area (Å²) in [4.78, 5) is 3.06. The van der Waals surface area contributed by atoms with Crippen molar-refractivity contribution in [2.24, 2.45) is 0 Å². The van der Waals surface area contributed by atoms with Crippen molar-refractivity contribution in [3.8, 4) is 11.5 Å². The summed E-state index contributed by atoms with van der Waals surface area (Å²) in [5.74, 6) is -0.363. The molecule has 0 aliphatic carbocycles. The molecule has 0 atom stereocenters. The summed E-state index contributed by atoms with van der Waals surface area (Å²) in [7, 11) is 0. The minimum Gasteiger partial charge on any atom is -0.504 e. The lowest BCUT2D eigenvalue weighted by molar-refractivity contribution is 0.377. The highest BCUT2D eigenvalue weighted by molar-refractivity contribution is 7.80. The zero-order valence-corrected chi connectivity index (χ0v) is 14.2. The smallest absolute Gasteiger partial charge is 0.157 e. The van der Waals surface area contributed by atoms with Crippen molar-refractivity contribution in [3.05, 3.63) is 58.9 Å². The maximum Gasteiger partial charge on any atom is 0.157 e. The minimum atomic E-state index is -0.212. The summed E-state index contributed by atoms with van der Waals surface area (Å²) < 4.78 is 12.9. The van der Waals surface area contributed by atoms with Crippen molar-refractivity contribution in [1.82, 2.24) is 4.90 Å². The number of phenolic OH excluding ortho intramolecular Hbond substituents is 2. The van der Waals surface area contributed by atoms with E-state index in [1.54, 1.807) is 12.1 Å². The number of aryl methyl sites for hydroxylation is 1. The van der Waals surface area contributed by atoms with Crippen LogP contribution in [0.2, 0.25) is 0 Å². The standard InChI is InChI=1S/C19H20FNO2S/c20-16-6-4-13(5-7-16)2-1-3-19(24)21-9-8-14-10-17(22)18(23)11-15(14)12-21/h4-7,10-11,22-23H,1-3,8-9,12H2. The van der Waals surface area contributed by atoms with Crippen LogP contribution in [0.4, 0.5) is 4.39 Å². The molecule has 24 heavy (non-hydrogen) atoms. The molecule has 2 N–H and O–H groups in total. The average molecular weight is 345 g/mol. The second-order valence-electron chi connectivity index (χ2n) is 6.15. The zero-order chi connectivity index (χ0) is 17.1. The van der Waals surface area contributed by atoms with Crippen LogP contribution in [0.5, 0.6) is 11.5 Å². The number of hydrogen-bond donors (Lipinski definition) is 2. The van der Waals surface area contributed by atoms with Crippen LogP contribution in [0.25, 0.3) is 0 Å². The van der Waals surface area contributed by atoms with Gasteiger partial charge in [-0.25, -0.2) is 4.39 Å². The molecule has 126 valence electrons. The molecule has 5 heteroatoms. The quantitative estimate of drug-likeness (QED) is 0.651. The Hall–Kier alpha value is -2.14. The van der Waals surface area contributed by atoms with E-state index in [4.69, 9.17) is 12.2 Å². The van der Waals surface area contributed by atoms with E-state index < -0.39 is 0 Å². The first-order valence-corrected chi connectivity index (χ1v) is 8.49. The molecule has 3 nitrogen and oxygen atoms in total. The zero-order valence-electron chi connectivity index (χ0n) is 13.3. The molecule has 0 bridgehead atoms. The fourth-order valence-corrected chi connectivity index (χ4v) is 3.35. The molecule has 0 unspecified atom stereocenters. The Morgan fingerprint density at radius 3 is 2.46 bits per heavy atom. The van der Waals surface area contributed by atoms with E-state index in [1.165, 1.54) is 12.1 Å².